The van der Waals surface area contributed by atoms with Crippen molar-refractivity contribution in [3.05, 3.63) is 17.0 Å². The number of nitrogens with zero attached hydrogens (tertiary/aromatic N) is 1. The predicted octanol–water partition coefficient (Wildman–Crippen LogP) is 0.397. The van der Waals surface area contributed by atoms with Crippen LogP contribution in [0.2, 0.25) is 0 Å². The van der Waals surface area contributed by atoms with Crippen LogP contribution in [0.4, 0.5) is 0 Å². The van der Waals surface area contributed by atoms with Gasteiger partial charge >= 0.3 is 0 Å². The molecule has 1 N–H and O–H groups in total. The first-order valence-electron chi connectivity index (χ1n) is 5.54. The molecule has 1 saturated carbocycles. The van der Waals surface area contributed by atoms with Crippen LogP contribution in [0.3, 0.4) is 0 Å². The lowest BCUT2D eigenvalue weighted by atomic mass is 10.1. The molecule has 5 nitrogen and oxygen atoms in total. The Hall–Kier alpha value is -0.880. The summed E-state index contributed by atoms with van der Waals surface area (Å²) in [6, 6.07) is 0.590. The van der Waals surface area contributed by atoms with Crippen molar-refractivity contribution in [1.29, 1.82) is 0 Å². The summed E-state index contributed by atoms with van der Waals surface area (Å²) in [5, 5.41) is 7.28. The van der Waals surface area contributed by atoms with Gasteiger partial charge in [0.2, 0.25) is 0 Å². The van der Waals surface area contributed by atoms with Crippen LogP contribution in [0, 0.1) is 0 Å². The number of aryl methyl sites for hydroxylation is 1. The predicted molar refractivity (Wildman–Crippen MR) is 57.6 cm³/mol. The zero-order valence-electron chi connectivity index (χ0n) is 8.90. The third-order valence-electron chi connectivity index (χ3n) is 3.09. The lowest BCUT2D eigenvalue weighted by Crippen LogP contribution is -2.21. The lowest BCUT2D eigenvalue weighted by Gasteiger charge is -2.10. The molecule has 0 saturated heterocycles. The molecule has 0 unspecified atom stereocenters. The first kappa shape index (κ1) is 10.3. The van der Waals surface area contributed by atoms with Crippen molar-refractivity contribution in [2.24, 2.45) is 0 Å². The van der Waals surface area contributed by atoms with Gasteiger partial charge in [-0.15, -0.1) is 0 Å². The average Bonchev–Trinajstić information content (AvgIpc) is 2.97. The van der Waals surface area contributed by atoms with Crippen molar-refractivity contribution < 1.29 is 12.9 Å². The van der Waals surface area contributed by atoms with Gasteiger partial charge in [-0.1, -0.05) is 5.16 Å². The van der Waals surface area contributed by atoms with Crippen molar-refractivity contribution in [3.63, 3.8) is 0 Å². The van der Waals surface area contributed by atoms with E-state index in [4.69, 9.17) is 4.52 Å². The first-order chi connectivity index (χ1) is 7.64. The molecule has 3 rings (SSSR count). The molecule has 2 aliphatic rings. The highest BCUT2D eigenvalue weighted by atomic mass is 32.2. The summed E-state index contributed by atoms with van der Waals surface area (Å²) in [5.41, 5.74) is 1.56. The zero-order chi connectivity index (χ0) is 11.2. The molecule has 6 heteroatoms. The highest BCUT2D eigenvalue weighted by Crippen LogP contribution is 2.25. The van der Waals surface area contributed by atoms with Gasteiger partial charge in [0, 0.05) is 24.6 Å². The fourth-order valence-corrected chi connectivity index (χ4v) is 3.36. The molecule has 2 heterocycles. The number of hydrogen-bond donors (Lipinski definition) is 1. The van der Waals surface area contributed by atoms with Gasteiger partial charge in [-0.2, -0.15) is 0 Å². The Bertz CT molecular complexity index is 502. The van der Waals surface area contributed by atoms with E-state index in [1.54, 1.807) is 0 Å². The van der Waals surface area contributed by atoms with Gasteiger partial charge in [0.25, 0.3) is 0 Å². The fraction of sp³-hybridized carbons (Fsp3) is 0.700. The van der Waals surface area contributed by atoms with Gasteiger partial charge in [0.15, 0.2) is 9.84 Å². The Kier molecular flexibility index (Phi) is 2.29. The molecule has 0 bridgehead atoms. The van der Waals surface area contributed by atoms with Gasteiger partial charge in [-0.3, -0.25) is 0 Å². The van der Waals surface area contributed by atoms with Crippen molar-refractivity contribution in [2.45, 2.75) is 37.6 Å². The Morgan fingerprint density at radius 2 is 2.25 bits per heavy atom. The average molecular weight is 242 g/mol. The second-order valence-corrected chi connectivity index (χ2v) is 6.71. The standard InChI is InChI=1S/C10H14N2O3S/c13-16(14)4-3-10-8(6-16)9(12-15-10)5-11-7-1-2-7/h7,11H,1-6H2. The van der Waals surface area contributed by atoms with Crippen LogP contribution in [-0.4, -0.2) is 25.4 Å². The van der Waals surface area contributed by atoms with Crippen molar-refractivity contribution in [3.8, 4) is 0 Å². The molecular weight excluding hydrogens is 228 g/mol. The van der Waals surface area contributed by atoms with Gasteiger partial charge in [0.1, 0.15) is 11.5 Å². The molecule has 0 amide bonds. The summed E-state index contributed by atoms with van der Waals surface area (Å²) in [4.78, 5) is 0. The Labute approximate surface area is 94.1 Å². The molecule has 0 aromatic carbocycles. The maximum atomic E-state index is 11.5. The van der Waals surface area contributed by atoms with E-state index in [1.807, 2.05) is 0 Å². The molecule has 0 radical (unpaired) electrons. The third-order valence-corrected chi connectivity index (χ3v) is 4.65. The van der Waals surface area contributed by atoms with Crippen LogP contribution in [0.5, 0.6) is 0 Å². The van der Waals surface area contributed by atoms with E-state index in [0.717, 1.165) is 17.0 Å². The topological polar surface area (TPSA) is 72.2 Å². The number of hydrogen-bond acceptors (Lipinski definition) is 5. The second kappa shape index (κ2) is 3.56. The summed E-state index contributed by atoms with van der Waals surface area (Å²) < 4.78 is 28.2. The molecule has 1 fully saturated rings. The summed E-state index contributed by atoms with van der Waals surface area (Å²) in [7, 11) is -2.94. The molecule has 1 aromatic rings. The number of fused-ring (bicyclic) bond motifs is 1. The van der Waals surface area contributed by atoms with Crippen LogP contribution in [0.15, 0.2) is 4.52 Å². The Morgan fingerprint density at radius 3 is 3.00 bits per heavy atom. The smallest absolute Gasteiger partial charge is 0.155 e. The third kappa shape index (κ3) is 1.99. The molecule has 0 spiro atoms. The number of aromatic nitrogens is 1. The van der Waals surface area contributed by atoms with Crippen molar-refractivity contribution in [2.75, 3.05) is 5.75 Å². The maximum Gasteiger partial charge on any atom is 0.155 e. The second-order valence-electron chi connectivity index (χ2n) is 4.53. The normalized spacial score (nSPS) is 23.0. The number of nitrogens with one attached hydrogen (secondary N) is 1. The molecular formula is C10H14N2O3S. The van der Waals surface area contributed by atoms with E-state index in [9.17, 15) is 8.42 Å². The summed E-state index contributed by atoms with van der Waals surface area (Å²) in [5.74, 6) is 1.03. The minimum atomic E-state index is -2.94. The van der Waals surface area contributed by atoms with E-state index >= 15 is 0 Å². The van der Waals surface area contributed by atoms with Crippen LogP contribution in [0.25, 0.3) is 0 Å². The fourth-order valence-electron chi connectivity index (χ4n) is 1.95. The minimum Gasteiger partial charge on any atom is -0.361 e. The zero-order valence-corrected chi connectivity index (χ0v) is 9.72. The summed E-state index contributed by atoms with van der Waals surface area (Å²) in [6.07, 6.45) is 2.88. The van der Waals surface area contributed by atoms with Gasteiger partial charge in [-0.25, -0.2) is 8.42 Å². The minimum absolute atomic E-state index is 0.0908. The maximum absolute atomic E-state index is 11.5. The Balaban J connectivity index is 1.81. The van der Waals surface area contributed by atoms with E-state index in [2.05, 4.69) is 10.5 Å². The summed E-state index contributed by atoms with van der Waals surface area (Å²) >= 11 is 0. The van der Waals surface area contributed by atoms with E-state index in [1.165, 1.54) is 12.8 Å². The van der Waals surface area contributed by atoms with E-state index in [0.29, 0.717) is 19.0 Å². The van der Waals surface area contributed by atoms with Crippen LogP contribution < -0.4 is 5.32 Å². The van der Waals surface area contributed by atoms with Crippen LogP contribution in [0.1, 0.15) is 29.9 Å². The SMILES string of the molecule is O=S1(=O)CCc2onc(CNC3CC3)c2C1. The number of sulfone groups is 1. The van der Waals surface area contributed by atoms with Crippen LogP contribution in [-0.2, 0) is 28.6 Å². The molecule has 1 aliphatic carbocycles. The largest absolute Gasteiger partial charge is 0.361 e. The molecule has 1 aliphatic heterocycles. The van der Waals surface area contributed by atoms with Gasteiger partial charge < -0.3 is 9.84 Å². The van der Waals surface area contributed by atoms with E-state index < -0.39 is 9.84 Å². The van der Waals surface area contributed by atoms with Crippen molar-refractivity contribution >= 4 is 9.84 Å². The number of rotatable bonds is 3. The molecule has 88 valence electrons. The van der Waals surface area contributed by atoms with Crippen LogP contribution >= 0.6 is 0 Å². The highest BCUT2D eigenvalue weighted by molar-refractivity contribution is 7.90. The highest BCUT2D eigenvalue weighted by Gasteiger charge is 2.29. The quantitative estimate of drug-likeness (QED) is 0.830. The first-order valence-corrected chi connectivity index (χ1v) is 7.36. The molecule has 1 aromatic heterocycles. The Morgan fingerprint density at radius 1 is 1.44 bits per heavy atom. The van der Waals surface area contributed by atoms with Gasteiger partial charge in [0.05, 0.1) is 11.5 Å². The molecule has 0 atom stereocenters. The summed E-state index contributed by atoms with van der Waals surface area (Å²) in [6.45, 7) is 0.624. The van der Waals surface area contributed by atoms with Crippen molar-refractivity contribution in [1.82, 2.24) is 10.5 Å². The lowest BCUT2D eigenvalue weighted by molar-refractivity contribution is 0.376. The molecule has 16 heavy (non-hydrogen) atoms. The van der Waals surface area contributed by atoms with E-state index in [-0.39, 0.29) is 11.5 Å². The van der Waals surface area contributed by atoms with Gasteiger partial charge in [-0.05, 0) is 12.8 Å². The monoisotopic (exact) mass is 242 g/mol.